The number of rotatable bonds is 2. The van der Waals surface area contributed by atoms with E-state index >= 15 is 0 Å². The zero-order valence-electron chi connectivity index (χ0n) is 11.4. The number of phenols is 1. The van der Waals surface area contributed by atoms with Gasteiger partial charge >= 0.3 is 0 Å². The van der Waals surface area contributed by atoms with Crippen molar-refractivity contribution < 1.29 is 13.5 Å². The quantitative estimate of drug-likeness (QED) is 0.786. The summed E-state index contributed by atoms with van der Waals surface area (Å²) in [6, 6.07) is 17.9. The minimum atomic E-state index is -3.20. The van der Waals surface area contributed by atoms with E-state index in [0.29, 0.717) is 0 Å². The van der Waals surface area contributed by atoms with E-state index in [0.717, 1.165) is 21.9 Å². The number of phenolic OH excluding ortho intramolecular Hbond substituents is 1. The van der Waals surface area contributed by atoms with Crippen LogP contribution in [-0.4, -0.2) is 19.8 Å². The zero-order chi connectivity index (χ0) is 15.0. The minimum absolute atomic E-state index is 0.191. The summed E-state index contributed by atoms with van der Waals surface area (Å²) in [6.07, 6.45) is 1.19. The lowest BCUT2D eigenvalue weighted by Gasteiger charge is -2.09. The molecule has 0 saturated carbocycles. The normalized spacial score (nSPS) is 11.7. The van der Waals surface area contributed by atoms with Gasteiger partial charge in [-0.05, 0) is 46.2 Å². The van der Waals surface area contributed by atoms with Crippen LogP contribution in [0.3, 0.4) is 0 Å². The molecule has 1 N–H and O–H groups in total. The molecular weight excluding hydrogens is 284 g/mol. The van der Waals surface area contributed by atoms with Gasteiger partial charge < -0.3 is 5.11 Å². The summed E-state index contributed by atoms with van der Waals surface area (Å²) < 4.78 is 23.0. The molecule has 106 valence electrons. The molecular formula is C17H14O3S. The molecule has 0 aliphatic carbocycles. The van der Waals surface area contributed by atoms with E-state index in [1.807, 2.05) is 24.3 Å². The molecule has 3 rings (SSSR count). The summed E-state index contributed by atoms with van der Waals surface area (Å²) in [6.45, 7) is 0. The van der Waals surface area contributed by atoms with Gasteiger partial charge in [-0.2, -0.15) is 0 Å². The molecule has 0 fully saturated rings. The van der Waals surface area contributed by atoms with Gasteiger partial charge in [0, 0.05) is 6.26 Å². The highest BCUT2D eigenvalue weighted by molar-refractivity contribution is 7.90. The van der Waals surface area contributed by atoms with Crippen LogP contribution >= 0.6 is 0 Å². The second kappa shape index (κ2) is 4.90. The minimum Gasteiger partial charge on any atom is -0.508 e. The lowest BCUT2D eigenvalue weighted by atomic mass is 9.98. The smallest absolute Gasteiger partial charge is 0.175 e. The number of fused-ring (bicyclic) bond motifs is 1. The summed E-state index contributed by atoms with van der Waals surface area (Å²) in [5, 5.41) is 11.8. The van der Waals surface area contributed by atoms with E-state index in [1.165, 1.54) is 6.26 Å². The average molecular weight is 298 g/mol. The van der Waals surface area contributed by atoms with Crippen molar-refractivity contribution >= 4 is 20.6 Å². The maximum atomic E-state index is 11.5. The molecule has 3 nitrogen and oxygen atoms in total. The number of benzene rings is 3. The van der Waals surface area contributed by atoms with Crippen molar-refractivity contribution in [2.24, 2.45) is 0 Å². The van der Waals surface area contributed by atoms with Crippen LogP contribution in [0.5, 0.6) is 5.75 Å². The molecule has 0 radical (unpaired) electrons. The second-order valence-electron chi connectivity index (χ2n) is 5.01. The molecule has 4 heteroatoms. The number of aromatic hydroxyl groups is 1. The molecule has 3 aromatic carbocycles. The van der Waals surface area contributed by atoms with Crippen LogP contribution in [-0.2, 0) is 9.84 Å². The fraction of sp³-hybridized carbons (Fsp3) is 0.0588. The largest absolute Gasteiger partial charge is 0.508 e. The fourth-order valence-corrected chi connectivity index (χ4v) is 3.05. The van der Waals surface area contributed by atoms with Crippen molar-refractivity contribution in [2.45, 2.75) is 4.90 Å². The van der Waals surface area contributed by atoms with Gasteiger partial charge in [-0.3, -0.25) is 0 Å². The summed E-state index contributed by atoms with van der Waals surface area (Å²) in [5.74, 6) is 0.191. The fourth-order valence-electron chi connectivity index (χ4n) is 2.42. The van der Waals surface area contributed by atoms with Gasteiger partial charge in [0.05, 0.1) is 4.90 Å². The van der Waals surface area contributed by atoms with E-state index in [-0.39, 0.29) is 10.6 Å². The molecule has 21 heavy (non-hydrogen) atoms. The number of hydrogen-bond donors (Lipinski definition) is 1. The van der Waals surface area contributed by atoms with Crippen molar-refractivity contribution in [3.05, 3.63) is 60.7 Å². The van der Waals surface area contributed by atoms with Gasteiger partial charge in [0.2, 0.25) is 0 Å². The first-order valence-corrected chi connectivity index (χ1v) is 8.36. The third-order valence-corrected chi connectivity index (χ3v) is 4.57. The Labute approximate surface area is 123 Å². The van der Waals surface area contributed by atoms with Crippen molar-refractivity contribution in [1.29, 1.82) is 0 Å². The Morgan fingerprint density at radius 3 is 2.24 bits per heavy atom. The Kier molecular flexibility index (Phi) is 3.18. The second-order valence-corrected chi connectivity index (χ2v) is 7.03. The molecule has 0 aliphatic heterocycles. The van der Waals surface area contributed by atoms with E-state index in [4.69, 9.17) is 0 Å². The van der Waals surface area contributed by atoms with Gasteiger partial charge in [0.25, 0.3) is 0 Å². The molecule has 0 atom stereocenters. The van der Waals surface area contributed by atoms with Crippen LogP contribution in [0.4, 0.5) is 0 Å². The highest BCUT2D eigenvalue weighted by Gasteiger charge is 2.09. The molecule has 0 bridgehead atoms. The highest BCUT2D eigenvalue weighted by atomic mass is 32.2. The Morgan fingerprint density at radius 2 is 1.57 bits per heavy atom. The van der Waals surface area contributed by atoms with E-state index in [2.05, 4.69) is 0 Å². The zero-order valence-corrected chi connectivity index (χ0v) is 12.3. The topological polar surface area (TPSA) is 54.4 Å². The van der Waals surface area contributed by atoms with Crippen LogP contribution in [0.2, 0.25) is 0 Å². The molecule has 0 aliphatic rings. The SMILES string of the molecule is CS(=O)(=O)c1ccc(-c2cc(O)cc3ccccc23)cc1. The van der Waals surface area contributed by atoms with Crippen LogP contribution in [0.15, 0.2) is 65.6 Å². The van der Waals surface area contributed by atoms with Crippen LogP contribution in [0.1, 0.15) is 0 Å². The van der Waals surface area contributed by atoms with Gasteiger partial charge in [0.1, 0.15) is 5.75 Å². The van der Waals surface area contributed by atoms with Gasteiger partial charge in [0.15, 0.2) is 9.84 Å². The third kappa shape index (κ3) is 2.62. The molecule has 0 amide bonds. The summed E-state index contributed by atoms with van der Waals surface area (Å²) in [4.78, 5) is 0.288. The molecule has 0 spiro atoms. The van der Waals surface area contributed by atoms with Crippen molar-refractivity contribution in [3.8, 4) is 16.9 Å². The highest BCUT2D eigenvalue weighted by Crippen LogP contribution is 2.32. The van der Waals surface area contributed by atoms with Crippen molar-refractivity contribution in [3.63, 3.8) is 0 Å². The Bertz CT molecular complexity index is 910. The maximum Gasteiger partial charge on any atom is 0.175 e. The molecule has 0 saturated heterocycles. The predicted molar refractivity (Wildman–Crippen MR) is 84.2 cm³/mol. The summed E-state index contributed by atoms with van der Waals surface area (Å²) in [7, 11) is -3.20. The van der Waals surface area contributed by atoms with E-state index < -0.39 is 9.84 Å². The Balaban J connectivity index is 2.21. The van der Waals surface area contributed by atoms with Crippen molar-refractivity contribution in [2.75, 3.05) is 6.26 Å². The van der Waals surface area contributed by atoms with Crippen LogP contribution < -0.4 is 0 Å². The first-order chi connectivity index (χ1) is 9.95. The molecule has 0 aromatic heterocycles. The lowest BCUT2D eigenvalue weighted by molar-refractivity contribution is 0.476. The lowest BCUT2D eigenvalue weighted by Crippen LogP contribution is -1.96. The Morgan fingerprint density at radius 1 is 0.905 bits per heavy atom. The summed E-state index contributed by atoms with van der Waals surface area (Å²) >= 11 is 0. The molecule has 0 heterocycles. The summed E-state index contributed by atoms with van der Waals surface area (Å²) in [5.41, 5.74) is 1.75. The first kappa shape index (κ1) is 13.6. The third-order valence-electron chi connectivity index (χ3n) is 3.44. The Hall–Kier alpha value is -2.33. The van der Waals surface area contributed by atoms with Gasteiger partial charge in [-0.15, -0.1) is 0 Å². The number of hydrogen-bond acceptors (Lipinski definition) is 3. The van der Waals surface area contributed by atoms with Crippen LogP contribution in [0, 0.1) is 0 Å². The average Bonchev–Trinajstić information content (AvgIpc) is 2.45. The maximum absolute atomic E-state index is 11.5. The molecule has 0 unspecified atom stereocenters. The van der Waals surface area contributed by atoms with Gasteiger partial charge in [-0.25, -0.2) is 8.42 Å². The van der Waals surface area contributed by atoms with E-state index in [9.17, 15) is 13.5 Å². The van der Waals surface area contributed by atoms with Gasteiger partial charge in [-0.1, -0.05) is 36.4 Å². The first-order valence-electron chi connectivity index (χ1n) is 6.47. The van der Waals surface area contributed by atoms with E-state index in [1.54, 1.807) is 36.4 Å². The van der Waals surface area contributed by atoms with Crippen LogP contribution in [0.25, 0.3) is 21.9 Å². The van der Waals surface area contributed by atoms with Crippen molar-refractivity contribution in [1.82, 2.24) is 0 Å². The number of sulfone groups is 1. The standard InChI is InChI=1S/C17H14O3S/c1-21(19,20)15-8-6-12(7-9-15)17-11-14(18)10-13-4-2-3-5-16(13)17/h2-11,18H,1H3. The monoisotopic (exact) mass is 298 g/mol. The molecule has 3 aromatic rings. The predicted octanol–water partition coefficient (Wildman–Crippen LogP) is 3.62.